The molecule has 1 aromatic rings. The van der Waals surface area contributed by atoms with E-state index in [2.05, 4.69) is 6.92 Å². The number of likely N-dealkylation sites (tertiary alicyclic amines) is 1. The summed E-state index contributed by atoms with van der Waals surface area (Å²) in [5.74, 6) is 0. The summed E-state index contributed by atoms with van der Waals surface area (Å²) in [4.78, 5) is 16.5. The molecule has 1 aromatic carbocycles. The number of nitrogens with two attached hydrogens (primary N) is 1. The van der Waals surface area contributed by atoms with E-state index in [0.29, 0.717) is 6.54 Å². The first-order valence-electron chi connectivity index (χ1n) is 7.61. The molecule has 1 heterocycles. The van der Waals surface area contributed by atoms with Crippen molar-refractivity contribution < 1.29 is 4.79 Å². The van der Waals surface area contributed by atoms with Crippen LogP contribution in [-0.4, -0.2) is 30.6 Å². The van der Waals surface area contributed by atoms with E-state index in [1.165, 1.54) is 6.42 Å². The second kappa shape index (κ2) is 7.29. The van der Waals surface area contributed by atoms with Crippen LogP contribution < -0.4 is 10.6 Å². The monoisotopic (exact) mass is 275 g/mol. The highest BCUT2D eigenvalue weighted by Gasteiger charge is 2.23. The lowest BCUT2D eigenvalue weighted by molar-refractivity contribution is 0.193. The van der Waals surface area contributed by atoms with Crippen LogP contribution in [-0.2, 0) is 6.54 Å². The minimum atomic E-state index is 0.145. The summed E-state index contributed by atoms with van der Waals surface area (Å²) in [7, 11) is 0. The minimum Gasteiger partial charge on any atom is -0.326 e. The number of anilines is 1. The van der Waals surface area contributed by atoms with Gasteiger partial charge in [0.05, 0.1) is 0 Å². The van der Waals surface area contributed by atoms with Crippen molar-refractivity contribution in [3.8, 4) is 0 Å². The van der Waals surface area contributed by atoms with E-state index in [9.17, 15) is 4.79 Å². The predicted octanol–water partition coefficient (Wildman–Crippen LogP) is 2.97. The van der Waals surface area contributed by atoms with Crippen LogP contribution in [0.5, 0.6) is 0 Å². The summed E-state index contributed by atoms with van der Waals surface area (Å²) in [5, 5.41) is 0. The smallest absolute Gasteiger partial charge is 0.324 e. The summed E-state index contributed by atoms with van der Waals surface area (Å²) in [6, 6.07) is 8.15. The molecule has 0 spiro atoms. The number of hydrogen-bond donors (Lipinski definition) is 1. The molecule has 0 bridgehead atoms. The first-order chi connectivity index (χ1) is 9.76. The standard InChI is InChI=1S/C16H25N3O/c1-2-10-19(15-8-6-14(13-17)7-9-15)16(20)18-11-4-3-5-12-18/h6-9H,2-5,10-13,17H2,1H3. The lowest BCUT2D eigenvalue weighted by atomic mass is 10.1. The van der Waals surface area contributed by atoms with Gasteiger partial charge in [0.15, 0.2) is 0 Å². The molecule has 1 saturated heterocycles. The fourth-order valence-corrected chi connectivity index (χ4v) is 2.63. The number of urea groups is 1. The summed E-state index contributed by atoms with van der Waals surface area (Å²) in [6.07, 6.45) is 4.44. The molecule has 2 amide bonds. The van der Waals surface area contributed by atoms with Crippen LogP contribution in [0.25, 0.3) is 0 Å². The Morgan fingerprint density at radius 1 is 1.20 bits per heavy atom. The number of carbonyl (C=O) groups is 1. The van der Waals surface area contributed by atoms with Crippen molar-refractivity contribution in [2.24, 2.45) is 5.73 Å². The van der Waals surface area contributed by atoms with Gasteiger partial charge in [-0.05, 0) is 43.4 Å². The van der Waals surface area contributed by atoms with Gasteiger partial charge in [0, 0.05) is 31.9 Å². The Hall–Kier alpha value is -1.55. The largest absolute Gasteiger partial charge is 0.326 e. The predicted molar refractivity (Wildman–Crippen MR) is 82.8 cm³/mol. The first kappa shape index (κ1) is 14.9. The number of amides is 2. The van der Waals surface area contributed by atoms with Gasteiger partial charge in [0.1, 0.15) is 0 Å². The van der Waals surface area contributed by atoms with Crippen molar-refractivity contribution in [1.82, 2.24) is 4.90 Å². The third-order valence-electron chi connectivity index (χ3n) is 3.79. The van der Waals surface area contributed by atoms with E-state index in [1.807, 2.05) is 34.1 Å². The van der Waals surface area contributed by atoms with Gasteiger partial charge in [-0.1, -0.05) is 19.1 Å². The zero-order valence-corrected chi connectivity index (χ0v) is 12.3. The van der Waals surface area contributed by atoms with Gasteiger partial charge in [-0.15, -0.1) is 0 Å². The third-order valence-corrected chi connectivity index (χ3v) is 3.79. The fourth-order valence-electron chi connectivity index (χ4n) is 2.63. The number of rotatable bonds is 4. The molecule has 1 aliphatic rings. The van der Waals surface area contributed by atoms with E-state index in [4.69, 9.17) is 5.73 Å². The van der Waals surface area contributed by atoms with Gasteiger partial charge in [-0.25, -0.2) is 4.79 Å². The number of nitrogens with zero attached hydrogens (tertiary/aromatic N) is 2. The maximum Gasteiger partial charge on any atom is 0.324 e. The number of benzene rings is 1. The van der Waals surface area contributed by atoms with Gasteiger partial charge >= 0.3 is 6.03 Å². The highest BCUT2D eigenvalue weighted by molar-refractivity contribution is 5.92. The maximum atomic E-state index is 12.7. The van der Waals surface area contributed by atoms with Crippen LogP contribution in [0.4, 0.5) is 10.5 Å². The van der Waals surface area contributed by atoms with Gasteiger partial charge in [0.25, 0.3) is 0 Å². The van der Waals surface area contributed by atoms with E-state index in [-0.39, 0.29) is 6.03 Å². The third kappa shape index (κ3) is 3.51. The van der Waals surface area contributed by atoms with E-state index in [1.54, 1.807) is 0 Å². The quantitative estimate of drug-likeness (QED) is 0.918. The molecule has 4 heteroatoms. The second-order valence-electron chi connectivity index (χ2n) is 5.35. The van der Waals surface area contributed by atoms with Crippen LogP contribution in [0.15, 0.2) is 24.3 Å². The van der Waals surface area contributed by atoms with Crippen molar-refractivity contribution in [1.29, 1.82) is 0 Å². The Bertz CT molecular complexity index is 424. The lowest BCUT2D eigenvalue weighted by Crippen LogP contribution is -2.46. The molecule has 0 unspecified atom stereocenters. The van der Waals surface area contributed by atoms with Gasteiger partial charge in [-0.3, -0.25) is 4.90 Å². The van der Waals surface area contributed by atoms with Crippen LogP contribution in [0.3, 0.4) is 0 Å². The molecular weight excluding hydrogens is 250 g/mol. The highest BCUT2D eigenvalue weighted by Crippen LogP contribution is 2.19. The Morgan fingerprint density at radius 3 is 2.40 bits per heavy atom. The SMILES string of the molecule is CCCN(C(=O)N1CCCCC1)c1ccc(CN)cc1. The zero-order valence-electron chi connectivity index (χ0n) is 12.3. The van der Waals surface area contributed by atoms with Crippen LogP contribution in [0.2, 0.25) is 0 Å². The molecule has 110 valence electrons. The van der Waals surface area contributed by atoms with E-state index < -0.39 is 0 Å². The van der Waals surface area contributed by atoms with Crippen molar-refractivity contribution in [2.45, 2.75) is 39.2 Å². The molecule has 0 saturated carbocycles. The van der Waals surface area contributed by atoms with Crippen LogP contribution in [0.1, 0.15) is 38.2 Å². The summed E-state index contributed by atoms with van der Waals surface area (Å²) in [6.45, 7) is 5.18. The molecular formula is C16H25N3O. The topological polar surface area (TPSA) is 49.6 Å². The van der Waals surface area contributed by atoms with Gasteiger partial charge in [0.2, 0.25) is 0 Å². The average Bonchev–Trinajstić information content (AvgIpc) is 2.53. The Labute approximate surface area is 121 Å². The minimum absolute atomic E-state index is 0.145. The summed E-state index contributed by atoms with van der Waals surface area (Å²) >= 11 is 0. The van der Waals surface area contributed by atoms with Gasteiger partial charge < -0.3 is 10.6 Å². The lowest BCUT2D eigenvalue weighted by Gasteiger charge is -2.33. The molecule has 1 fully saturated rings. The van der Waals surface area contributed by atoms with E-state index >= 15 is 0 Å². The van der Waals surface area contributed by atoms with Crippen molar-refractivity contribution in [3.05, 3.63) is 29.8 Å². The fraction of sp³-hybridized carbons (Fsp3) is 0.562. The number of piperidine rings is 1. The van der Waals surface area contributed by atoms with Crippen LogP contribution >= 0.6 is 0 Å². The molecule has 2 N–H and O–H groups in total. The zero-order chi connectivity index (χ0) is 14.4. The molecule has 2 rings (SSSR count). The summed E-state index contributed by atoms with van der Waals surface area (Å²) in [5.41, 5.74) is 7.69. The van der Waals surface area contributed by atoms with Crippen molar-refractivity contribution in [3.63, 3.8) is 0 Å². The average molecular weight is 275 g/mol. The normalized spacial score (nSPS) is 15.2. The number of hydrogen-bond acceptors (Lipinski definition) is 2. The summed E-state index contributed by atoms with van der Waals surface area (Å²) < 4.78 is 0. The Morgan fingerprint density at radius 2 is 1.85 bits per heavy atom. The molecule has 0 atom stereocenters. The highest BCUT2D eigenvalue weighted by atomic mass is 16.2. The Balaban J connectivity index is 2.13. The second-order valence-corrected chi connectivity index (χ2v) is 5.35. The molecule has 0 radical (unpaired) electrons. The molecule has 20 heavy (non-hydrogen) atoms. The van der Waals surface area contributed by atoms with Crippen molar-refractivity contribution in [2.75, 3.05) is 24.5 Å². The van der Waals surface area contributed by atoms with Gasteiger partial charge in [-0.2, -0.15) is 0 Å². The Kier molecular flexibility index (Phi) is 5.41. The maximum absolute atomic E-state index is 12.7. The van der Waals surface area contributed by atoms with E-state index in [0.717, 1.165) is 50.1 Å². The molecule has 1 aliphatic heterocycles. The first-order valence-corrected chi connectivity index (χ1v) is 7.61. The molecule has 0 aliphatic carbocycles. The van der Waals surface area contributed by atoms with Crippen LogP contribution in [0, 0.1) is 0 Å². The number of carbonyl (C=O) groups excluding carboxylic acids is 1. The van der Waals surface area contributed by atoms with Crippen molar-refractivity contribution >= 4 is 11.7 Å². The molecule has 4 nitrogen and oxygen atoms in total. The molecule has 0 aromatic heterocycles.